The van der Waals surface area contributed by atoms with Crippen LogP contribution in [-0.2, 0) is 10.1 Å². The molecule has 0 aromatic heterocycles. The standard InChI is InChI=1S/C8H14N2O3S/c1-2-10-6-5-9-8(10)4-3-7-14(11,12)13/h2H,1,3-7H2,(H,11,12,13). The van der Waals surface area contributed by atoms with Crippen molar-refractivity contribution in [1.82, 2.24) is 4.90 Å². The minimum absolute atomic E-state index is 0.211. The molecule has 0 spiro atoms. The first-order chi connectivity index (χ1) is 6.53. The molecule has 0 saturated heterocycles. The number of aliphatic imine (C=N–C) groups is 1. The van der Waals surface area contributed by atoms with Gasteiger partial charge >= 0.3 is 0 Å². The van der Waals surface area contributed by atoms with Gasteiger partial charge in [-0.3, -0.25) is 9.55 Å². The fourth-order valence-corrected chi connectivity index (χ4v) is 1.85. The monoisotopic (exact) mass is 218 g/mol. The second-order valence-electron chi connectivity index (χ2n) is 3.06. The second-order valence-corrected chi connectivity index (χ2v) is 4.64. The molecule has 6 heteroatoms. The van der Waals surface area contributed by atoms with Gasteiger partial charge < -0.3 is 4.90 Å². The van der Waals surface area contributed by atoms with Crippen LogP contribution in [0.1, 0.15) is 12.8 Å². The lowest BCUT2D eigenvalue weighted by Crippen LogP contribution is -2.21. The van der Waals surface area contributed by atoms with Gasteiger partial charge in [0.2, 0.25) is 0 Å². The number of hydrogen-bond donors (Lipinski definition) is 1. The molecule has 0 fully saturated rings. The Labute approximate surface area is 83.9 Å². The Balaban J connectivity index is 2.35. The van der Waals surface area contributed by atoms with Gasteiger partial charge in [-0.15, -0.1) is 0 Å². The fourth-order valence-electron chi connectivity index (χ4n) is 1.34. The number of rotatable bonds is 5. The molecule has 0 aliphatic carbocycles. The number of nitrogens with zero attached hydrogens (tertiary/aromatic N) is 2. The maximum atomic E-state index is 10.4. The summed E-state index contributed by atoms with van der Waals surface area (Å²) < 4.78 is 29.4. The normalized spacial score (nSPS) is 16.9. The van der Waals surface area contributed by atoms with E-state index in [0.717, 1.165) is 18.9 Å². The van der Waals surface area contributed by atoms with Crippen molar-refractivity contribution in [3.05, 3.63) is 12.8 Å². The first kappa shape index (κ1) is 11.2. The maximum absolute atomic E-state index is 10.4. The molecule has 1 aliphatic rings. The Morgan fingerprint density at radius 1 is 1.64 bits per heavy atom. The van der Waals surface area contributed by atoms with E-state index in [1.807, 2.05) is 4.90 Å². The summed E-state index contributed by atoms with van der Waals surface area (Å²) in [5, 5.41) is 0. The summed E-state index contributed by atoms with van der Waals surface area (Å²) in [7, 11) is -3.84. The lowest BCUT2D eigenvalue weighted by Gasteiger charge is -2.13. The zero-order valence-corrected chi connectivity index (χ0v) is 8.70. The van der Waals surface area contributed by atoms with Crippen LogP contribution in [0, 0.1) is 0 Å². The molecule has 1 N–H and O–H groups in total. The van der Waals surface area contributed by atoms with Crippen LogP contribution in [0.3, 0.4) is 0 Å². The first-order valence-electron chi connectivity index (χ1n) is 4.40. The number of hydrogen-bond acceptors (Lipinski definition) is 4. The molecule has 1 rings (SSSR count). The highest BCUT2D eigenvalue weighted by atomic mass is 32.2. The van der Waals surface area contributed by atoms with Crippen LogP contribution in [-0.4, -0.2) is 42.5 Å². The van der Waals surface area contributed by atoms with E-state index in [9.17, 15) is 8.42 Å². The van der Waals surface area contributed by atoms with Gasteiger partial charge in [0, 0.05) is 13.0 Å². The van der Waals surface area contributed by atoms with Crippen LogP contribution in [0.4, 0.5) is 0 Å². The third kappa shape index (κ3) is 3.47. The van der Waals surface area contributed by atoms with Gasteiger partial charge in [0.25, 0.3) is 10.1 Å². The van der Waals surface area contributed by atoms with E-state index in [-0.39, 0.29) is 5.75 Å². The van der Waals surface area contributed by atoms with Gasteiger partial charge in [0.1, 0.15) is 5.84 Å². The van der Waals surface area contributed by atoms with Crippen LogP contribution >= 0.6 is 0 Å². The maximum Gasteiger partial charge on any atom is 0.264 e. The molecule has 1 aliphatic heterocycles. The molecule has 0 radical (unpaired) electrons. The first-order valence-corrected chi connectivity index (χ1v) is 6.01. The predicted octanol–water partition coefficient (Wildman–Crippen LogP) is 0.512. The van der Waals surface area contributed by atoms with Crippen LogP contribution in [0.25, 0.3) is 0 Å². The highest BCUT2D eigenvalue weighted by Gasteiger charge is 2.14. The molecular formula is C8H14N2O3S. The van der Waals surface area contributed by atoms with E-state index in [1.54, 1.807) is 6.20 Å². The molecule has 0 atom stereocenters. The average Bonchev–Trinajstić information content (AvgIpc) is 2.49. The van der Waals surface area contributed by atoms with Crippen LogP contribution in [0.15, 0.2) is 17.8 Å². The van der Waals surface area contributed by atoms with Crippen LogP contribution in [0.2, 0.25) is 0 Å². The highest BCUT2D eigenvalue weighted by Crippen LogP contribution is 2.07. The molecule has 5 nitrogen and oxygen atoms in total. The summed E-state index contributed by atoms with van der Waals surface area (Å²) >= 11 is 0. The third-order valence-electron chi connectivity index (χ3n) is 1.99. The van der Waals surface area contributed by atoms with E-state index in [1.165, 1.54) is 0 Å². The lowest BCUT2D eigenvalue weighted by atomic mass is 10.3. The fraction of sp³-hybridized carbons (Fsp3) is 0.625. The summed E-state index contributed by atoms with van der Waals surface area (Å²) in [5.74, 6) is 0.639. The van der Waals surface area contributed by atoms with E-state index in [4.69, 9.17) is 4.55 Å². The molecule has 0 bridgehead atoms. The summed E-state index contributed by atoms with van der Waals surface area (Å²) in [5.41, 5.74) is 0. The van der Waals surface area contributed by atoms with Gasteiger partial charge in [-0.1, -0.05) is 6.58 Å². The van der Waals surface area contributed by atoms with Gasteiger partial charge in [-0.25, -0.2) is 0 Å². The zero-order chi connectivity index (χ0) is 10.6. The van der Waals surface area contributed by atoms with Gasteiger partial charge in [-0.05, 0) is 12.6 Å². The van der Waals surface area contributed by atoms with Crippen molar-refractivity contribution in [3.8, 4) is 0 Å². The Bertz CT molecular complexity index is 334. The molecule has 80 valence electrons. The lowest BCUT2D eigenvalue weighted by molar-refractivity contribution is 0.481. The second kappa shape index (κ2) is 4.56. The molecule has 14 heavy (non-hydrogen) atoms. The van der Waals surface area contributed by atoms with Crippen molar-refractivity contribution in [2.45, 2.75) is 12.8 Å². The van der Waals surface area contributed by atoms with Crippen LogP contribution in [0.5, 0.6) is 0 Å². The topological polar surface area (TPSA) is 70.0 Å². The SMILES string of the molecule is C=CN1CCN=C1CCCS(=O)(=O)O. The molecule has 0 aromatic rings. The molecule has 0 unspecified atom stereocenters. The third-order valence-corrected chi connectivity index (χ3v) is 2.79. The minimum Gasteiger partial charge on any atom is -0.336 e. The van der Waals surface area contributed by atoms with Crippen molar-refractivity contribution in [1.29, 1.82) is 0 Å². The van der Waals surface area contributed by atoms with Crippen molar-refractivity contribution in [2.24, 2.45) is 4.99 Å². The minimum atomic E-state index is -3.84. The summed E-state index contributed by atoms with van der Waals surface area (Å²) in [6, 6.07) is 0. The van der Waals surface area contributed by atoms with E-state index < -0.39 is 10.1 Å². The Kier molecular flexibility index (Phi) is 3.65. The van der Waals surface area contributed by atoms with E-state index in [2.05, 4.69) is 11.6 Å². The van der Waals surface area contributed by atoms with Crippen LogP contribution < -0.4 is 0 Å². The Hall–Kier alpha value is -0.880. The molecular weight excluding hydrogens is 204 g/mol. The summed E-state index contributed by atoms with van der Waals surface area (Å²) in [6.45, 7) is 5.17. The predicted molar refractivity (Wildman–Crippen MR) is 54.9 cm³/mol. The Morgan fingerprint density at radius 2 is 2.36 bits per heavy atom. The largest absolute Gasteiger partial charge is 0.336 e. The van der Waals surface area contributed by atoms with Crippen molar-refractivity contribution in [3.63, 3.8) is 0 Å². The summed E-state index contributed by atoms with van der Waals surface area (Å²) in [4.78, 5) is 6.10. The quantitative estimate of drug-likeness (QED) is 0.683. The van der Waals surface area contributed by atoms with Gasteiger partial charge in [0.15, 0.2) is 0 Å². The zero-order valence-electron chi connectivity index (χ0n) is 7.89. The Morgan fingerprint density at radius 3 is 2.93 bits per heavy atom. The molecule has 0 saturated carbocycles. The van der Waals surface area contributed by atoms with Crippen molar-refractivity contribution in [2.75, 3.05) is 18.8 Å². The van der Waals surface area contributed by atoms with E-state index >= 15 is 0 Å². The highest BCUT2D eigenvalue weighted by molar-refractivity contribution is 7.85. The van der Waals surface area contributed by atoms with E-state index in [0.29, 0.717) is 12.8 Å². The van der Waals surface area contributed by atoms with Gasteiger partial charge in [-0.2, -0.15) is 8.42 Å². The van der Waals surface area contributed by atoms with Crippen molar-refractivity contribution < 1.29 is 13.0 Å². The average molecular weight is 218 g/mol. The smallest absolute Gasteiger partial charge is 0.264 e. The van der Waals surface area contributed by atoms with Gasteiger partial charge in [0.05, 0.1) is 12.3 Å². The molecule has 1 heterocycles. The molecule has 0 amide bonds. The number of amidine groups is 1. The molecule has 0 aromatic carbocycles. The summed E-state index contributed by atoms with van der Waals surface area (Å²) in [6.07, 6.45) is 2.63. The van der Waals surface area contributed by atoms with Crippen molar-refractivity contribution >= 4 is 16.0 Å².